The molecule has 152 valence electrons. The van der Waals surface area contributed by atoms with Crippen LogP contribution in [0, 0.1) is 5.92 Å². The average molecular weight is 388 g/mol. The number of nitrogens with zero attached hydrogens (tertiary/aromatic N) is 1. The number of aliphatic carboxylic acids is 2. The highest BCUT2D eigenvalue weighted by Gasteiger charge is 2.49. The first-order chi connectivity index (χ1) is 13.4. The summed E-state index contributed by atoms with van der Waals surface area (Å²) in [6.45, 7) is 1.63. The number of benzene rings is 1. The van der Waals surface area contributed by atoms with E-state index in [1.54, 1.807) is 6.92 Å². The third-order valence-corrected chi connectivity index (χ3v) is 6.06. The van der Waals surface area contributed by atoms with E-state index in [0.29, 0.717) is 19.3 Å². The van der Waals surface area contributed by atoms with Crippen LogP contribution in [0.3, 0.4) is 0 Å². The minimum absolute atomic E-state index is 0.0366. The van der Waals surface area contributed by atoms with Gasteiger partial charge in [-0.1, -0.05) is 36.8 Å². The number of rotatable bonds is 8. The Labute approximate surface area is 164 Å². The van der Waals surface area contributed by atoms with Crippen LogP contribution in [0.25, 0.3) is 0 Å². The number of fused-ring (bicyclic) bond motifs is 1. The molecule has 0 radical (unpaired) electrons. The van der Waals surface area contributed by atoms with Gasteiger partial charge in [-0.25, -0.2) is 4.79 Å². The largest absolute Gasteiger partial charge is 0.480 e. The summed E-state index contributed by atoms with van der Waals surface area (Å²) in [6.07, 6.45) is 4.21. The van der Waals surface area contributed by atoms with Crippen molar-refractivity contribution in [1.82, 2.24) is 10.2 Å². The summed E-state index contributed by atoms with van der Waals surface area (Å²) in [4.78, 5) is 37.9. The number of carbonyl (C=O) groups is 3. The van der Waals surface area contributed by atoms with Gasteiger partial charge in [0, 0.05) is 6.04 Å². The van der Waals surface area contributed by atoms with Crippen LogP contribution in [0.15, 0.2) is 30.3 Å². The van der Waals surface area contributed by atoms with E-state index in [9.17, 15) is 24.6 Å². The van der Waals surface area contributed by atoms with Crippen molar-refractivity contribution >= 4 is 17.8 Å². The first kappa shape index (κ1) is 20.3. The Hall–Kier alpha value is -2.41. The first-order valence-electron chi connectivity index (χ1n) is 9.96. The summed E-state index contributed by atoms with van der Waals surface area (Å²) in [6, 6.07) is 7.13. The summed E-state index contributed by atoms with van der Waals surface area (Å²) in [5, 5.41) is 22.0. The maximum Gasteiger partial charge on any atom is 0.326 e. The molecule has 7 nitrogen and oxygen atoms in total. The Kier molecular flexibility index (Phi) is 6.34. The van der Waals surface area contributed by atoms with E-state index in [-0.39, 0.29) is 17.9 Å². The van der Waals surface area contributed by atoms with Crippen molar-refractivity contribution in [2.75, 3.05) is 0 Å². The molecule has 0 spiro atoms. The minimum Gasteiger partial charge on any atom is -0.480 e. The molecule has 28 heavy (non-hydrogen) atoms. The van der Waals surface area contributed by atoms with Crippen LogP contribution in [-0.4, -0.2) is 57.1 Å². The molecule has 7 heteroatoms. The summed E-state index contributed by atoms with van der Waals surface area (Å²) < 4.78 is 0. The lowest BCUT2D eigenvalue weighted by Crippen LogP contribution is -2.55. The molecule has 1 aromatic rings. The fourth-order valence-electron chi connectivity index (χ4n) is 4.66. The van der Waals surface area contributed by atoms with Crippen molar-refractivity contribution in [2.24, 2.45) is 5.92 Å². The zero-order valence-corrected chi connectivity index (χ0v) is 16.1. The SMILES string of the molecule is CC(N[C@@H](CCc1ccccc1)C(=O)O)C(=O)N1C2CCCC2C[C@H]1C(=O)O. The average Bonchev–Trinajstić information content (AvgIpc) is 3.26. The third kappa shape index (κ3) is 4.35. The van der Waals surface area contributed by atoms with Gasteiger partial charge in [0.2, 0.25) is 5.91 Å². The number of hydrogen-bond acceptors (Lipinski definition) is 4. The highest BCUT2D eigenvalue weighted by Crippen LogP contribution is 2.41. The predicted molar refractivity (Wildman–Crippen MR) is 103 cm³/mol. The molecule has 1 heterocycles. The van der Waals surface area contributed by atoms with Gasteiger partial charge in [-0.3, -0.25) is 14.9 Å². The van der Waals surface area contributed by atoms with Crippen molar-refractivity contribution in [3.05, 3.63) is 35.9 Å². The summed E-state index contributed by atoms with van der Waals surface area (Å²) in [7, 11) is 0. The molecule has 1 amide bonds. The zero-order chi connectivity index (χ0) is 20.3. The van der Waals surface area contributed by atoms with Crippen LogP contribution >= 0.6 is 0 Å². The minimum atomic E-state index is -1.01. The highest BCUT2D eigenvalue weighted by atomic mass is 16.4. The molecule has 5 atom stereocenters. The number of carboxylic acids is 2. The van der Waals surface area contributed by atoms with Gasteiger partial charge in [0.25, 0.3) is 0 Å². The standard InChI is InChI=1S/C21H28N2O5/c1-13(22-16(20(25)26)11-10-14-6-3-2-4-7-14)19(24)23-17-9-5-8-15(17)12-18(23)21(27)28/h2-4,6-7,13,15-18,22H,5,8-12H2,1H3,(H,25,26)(H,27,28)/t13?,15?,16-,17?,18-/m0/s1. The molecule has 2 fully saturated rings. The number of amides is 1. The lowest BCUT2D eigenvalue weighted by atomic mass is 10.0. The summed E-state index contributed by atoms with van der Waals surface area (Å²) in [5.74, 6) is -2.06. The van der Waals surface area contributed by atoms with Gasteiger partial charge < -0.3 is 15.1 Å². The van der Waals surface area contributed by atoms with Crippen LogP contribution < -0.4 is 5.32 Å². The van der Waals surface area contributed by atoms with Crippen molar-refractivity contribution in [1.29, 1.82) is 0 Å². The van der Waals surface area contributed by atoms with E-state index in [1.807, 2.05) is 30.3 Å². The molecule has 1 aromatic carbocycles. The number of carboxylic acid groups (broad SMARTS) is 2. The Morgan fingerprint density at radius 3 is 2.54 bits per heavy atom. The molecule has 3 N–H and O–H groups in total. The fourth-order valence-corrected chi connectivity index (χ4v) is 4.66. The molecule has 2 aliphatic rings. The second-order valence-electron chi connectivity index (χ2n) is 7.90. The molecular formula is C21H28N2O5. The monoisotopic (exact) mass is 388 g/mol. The van der Waals surface area contributed by atoms with Crippen LogP contribution in [0.1, 0.15) is 44.6 Å². The topological polar surface area (TPSA) is 107 Å². The number of likely N-dealkylation sites (tertiary alicyclic amines) is 1. The van der Waals surface area contributed by atoms with Gasteiger partial charge in [0.05, 0.1) is 6.04 Å². The summed E-state index contributed by atoms with van der Waals surface area (Å²) >= 11 is 0. The third-order valence-electron chi connectivity index (χ3n) is 6.06. The second-order valence-corrected chi connectivity index (χ2v) is 7.90. The second kappa shape index (κ2) is 8.73. The smallest absolute Gasteiger partial charge is 0.326 e. The molecule has 0 aromatic heterocycles. The van der Waals surface area contributed by atoms with Crippen molar-refractivity contribution in [3.63, 3.8) is 0 Å². The van der Waals surface area contributed by atoms with Gasteiger partial charge in [0.15, 0.2) is 0 Å². The van der Waals surface area contributed by atoms with Gasteiger partial charge in [0.1, 0.15) is 12.1 Å². The molecule has 3 unspecified atom stereocenters. The van der Waals surface area contributed by atoms with E-state index >= 15 is 0 Å². The van der Waals surface area contributed by atoms with Crippen LogP contribution in [-0.2, 0) is 20.8 Å². The van der Waals surface area contributed by atoms with Crippen molar-refractivity contribution < 1.29 is 24.6 Å². The number of carbonyl (C=O) groups excluding carboxylic acids is 1. The van der Waals surface area contributed by atoms with Crippen LogP contribution in [0.5, 0.6) is 0 Å². The maximum absolute atomic E-state index is 13.0. The Morgan fingerprint density at radius 2 is 1.89 bits per heavy atom. The number of hydrogen-bond donors (Lipinski definition) is 3. The molecule has 3 rings (SSSR count). The van der Waals surface area contributed by atoms with E-state index in [0.717, 1.165) is 24.8 Å². The zero-order valence-electron chi connectivity index (χ0n) is 16.1. The van der Waals surface area contributed by atoms with Gasteiger partial charge in [-0.05, 0) is 50.5 Å². The summed E-state index contributed by atoms with van der Waals surface area (Å²) in [5.41, 5.74) is 1.04. The molecule has 0 bridgehead atoms. The van der Waals surface area contributed by atoms with E-state index < -0.39 is 30.1 Å². The molecule has 1 saturated heterocycles. The fraction of sp³-hybridized carbons (Fsp3) is 0.571. The lowest BCUT2D eigenvalue weighted by molar-refractivity contribution is -0.151. The lowest BCUT2D eigenvalue weighted by Gasteiger charge is -2.31. The first-order valence-corrected chi connectivity index (χ1v) is 9.96. The van der Waals surface area contributed by atoms with E-state index in [2.05, 4.69) is 5.32 Å². The van der Waals surface area contributed by atoms with Crippen LogP contribution in [0.4, 0.5) is 0 Å². The highest BCUT2D eigenvalue weighted by molar-refractivity contribution is 5.88. The van der Waals surface area contributed by atoms with E-state index in [4.69, 9.17) is 0 Å². The number of aryl methyl sites for hydroxylation is 1. The molecule has 1 aliphatic carbocycles. The van der Waals surface area contributed by atoms with Gasteiger partial charge >= 0.3 is 11.9 Å². The van der Waals surface area contributed by atoms with Crippen molar-refractivity contribution in [3.8, 4) is 0 Å². The Morgan fingerprint density at radius 1 is 1.18 bits per heavy atom. The normalized spacial score (nSPS) is 25.9. The number of nitrogens with one attached hydrogen (secondary N) is 1. The maximum atomic E-state index is 13.0. The van der Waals surface area contributed by atoms with Crippen LogP contribution in [0.2, 0.25) is 0 Å². The van der Waals surface area contributed by atoms with Gasteiger partial charge in [-0.2, -0.15) is 0 Å². The quantitative estimate of drug-likeness (QED) is 0.628. The van der Waals surface area contributed by atoms with E-state index in [1.165, 1.54) is 4.90 Å². The molecule has 1 aliphatic heterocycles. The molecular weight excluding hydrogens is 360 g/mol. The van der Waals surface area contributed by atoms with Crippen molar-refractivity contribution in [2.45, 2.75) is 69.6 Å². The van der Waals surface area contributed by atoms with Gasteiger partial charge in [-0.15, -0.1) is 0 Å². The Bertz CT molecular complexity index is 723. The Balaban J connectivity index is 1.65. The predicted octanol–water partition coefficient (Wildman–Crippen LogP) is 1.90. The molecule has 1 saturated carbocycles.